The van der Waals surface area contributed by atoms with Gasteiger partial charge >= 0.3 is 5.97 Å². The van der Waals surface area contributed by atoms with Crippen molar-refractivity contribution >= 4 is 11.9 Å². The van der Waals surface area contributed by atoms with Crippen LogP contribution in [0.15, 0.2) is 53.7 Å². The standard InChI is InChI=1S/C23H22F3NO3/c1-13(2)30-23(29)22-14(3)27(12-15-7-8-19(25)20(26)9-15)21(28)11-18(22)16-5-4-6-17(24)10-16/h4-10,13,18H,11-12H2,1-3H3/t18-/m0/s1. The molecular weight excluding hydrogens is 395 g/mol. The number of hydrogen-bond acceptors (Lipinski definition) is 3. The maximum absolute atomic E-state index is 13.8. The molecule has 1 aliphatic heterocycles. The number of rotatable bonds is 5. The molecule has 1 atom stereocenters. The van der Waals surface area contributed by atoms with Crippen LogP contribution >= 0.6 is 0 Å². The van der Waals surface area contributed by atoms with Crippen molar-refractivity contribution < 1.29 is 27.5 Å². The average Bonchev–Trinajstić information content (AvgIpc) is 2.66. The van der Waals surface area contributed by atoms with E-state index in [0.29, 0.717) is 16.8 Å². The average molecular weight is 417 g/mol. The first-order chi connectivity index (χ1) is 14.2. The van der Waals surface area contributed by atoms with Crippen LogP contribution < -0.4 is 0 Å². The molecule has 3 rings (SSSR count). The molecule has 4 nitrogen and oxygen atoms in total. The Morgan fingerprint density at radius 3 is 2.50 bits per heavy atom. The Morgan fingerprint density at radius 2 is 1.87 bits per heavy atom. The molecule has 158 valence electrons. The Hall–Kier alpha value is -3.09. The molecule has 0 saturated carbocycles. The molecule has 0 saturated heterocycles. The molecule has 2 aromatic carbocycles. The van der Waals surface area contributed by atoms with Crippen LogP contribution in [-0.4, -0.2) is 22.9 Å². The smallest absolute Gasteiger partial charge is 0.336 e. The number of amides is 1. The van der Waals surface area contributed by atoms with E-state index in [4.69, 9.17) is 4.74 Å². The summed E-state index contributed by atoms with van der Waals surface area (Å²) in [6.07, 6.45) is -0.462. The Morgan fingerprint density at radius 1 is 1.13 bits per heavy atom. The predicted molar refractivity (Wildman–Crippen MR) is 105 cm³/mol. The van der Waals surface area contributed by atoms with E-state index >= 15 is 0 Å². The lowest BCUT2D eigenvalue weighted by molar-refractivity contribution is -0.143. The number of benzene rings is 2. The topological polar surface area (TPSA) is 46.6 Å². The molecule has 7 heteroatoms. The van der Waals surface area contributed by atoms with Gasteiger partial charge in [0, 0.05) is 18.0 Å². The third kappa shape index (κ3) is 4.56. The van der Waals surface area contributed by atoms with Gasteiger partial charge in [-0.25, -0.2) is 18.0 Å². The van der Waals surface area contributed by atoms with Crippen LogP contribution in [0.3, 0.4) is 0 Å². The first-order valence-electron chi connectivity index (χ1n) is 9.59. The lowest BCUT2D eigenvalue weighted by Crippen LogP contribution is -2.38. The third-order valence-electron chi connectivity index (χ3n) is 4.96. The molecule has 0 bridgehead atoms. The van der Waals surface area contributed by atoms with Gasteiger partial charge in [0.1, 0.15) is 5.82 Å². The van der Waals surface area contributed by atoms with Crippen molar-refractivity contribution in [1.29, 1.82) is 0 Å². The van der Waals surface area contributed by atoms with Crippen molar-refractivity contribution in [2.75, 3.05) is 0 Å². The summed E-state index contributed by atoms with van der Waals surface area (Å²) in [5.74, 6) is -4.05. The Kier molecular flexibility index (Phi) is 6.29. The second-order valence-corrected chi connectivity index (χ2v) is 7.49. The minimum Gasteiger partial charge on any atom is -0.460 e. The highest BCUT2D eigenvalue weighted by Gasteiger charge is 2.37. The zero-order valence-electron chi connectivity index (χ0n) is 16.9. The fourth-order valence-corrected chi connectivity index (χ4v) is 3.57. The van der Waals surface area contributed by atoms with Gasteiger partial charge in [-0.05, 0) is 56.2 Å². The van der Waals surface area contributed by atoms with Gasteiger partial charge in [-0.15, -0.1) is 0 Å². The molecule has 0 aliphatic carbocycles. The van der Waals surface area contributed by atoms with Crippen LogP contribution in [0.2, 0.25) is 0 Å². The van der Waals surface area contributed by atoms with Crippen molar-refractivity contribution in [3.63, 3.8) is 0 Å². The van der Waals surface area contributed by atoms with E-state index in [9.17, 15) is 22.8 Å². The normalized spacial score (nSPS) is 17.0. The Labute approximate surface area is 173 Å². The number of halogens is 3. The first kappa shape index (κ1) is 21.6. The van der Waals surface area contributed by atoms with Gasteiger partial charge in [0.25, 0.3) is 0 Å². The number of esters is 1. The summed E-state index contributed by atoms with van der Waals surface area (Å²) in [5.41, 5.74) is 1.46. The van der Waals surface area contributed by atoms with E-state index in [-0.39, 0.29) is 30.5 Å². The van der Waals surface area contributed by atoms with Gasteiger partial charge in [0.05, 0.1) is 18.2 Å². The number of carbonyl (C=O) groups excluding carboxylic acids is 2. The highest BCUT2D eigenvalue weighted by atomic mass is 19.2. The third-order valence-corrected chi connectivity index (χ3v) is 4.96. The number of carbonyl (C=O) groups is 2. The van der Waals surface area contributed by atoms with E-state index in [2.05, 4.69) is 0 Å². The summed E-state index contributed by atoms with van der Waals surface area (Å²) in [6.45, 7) is 4.98. The molecule has 1 aliphatic rings. The molecular formula is C23H22F3NO3. The van der Waals surface area contributed by atoms with Crippen molar-refractivity contribution in [3.8, 4) is 0 Å². The molecule has 2 aromatic rings. The zero-order chi connectivity index (χ0) is 22.0. The van der Waals surface area contributed by atoms with Gasteiger partial charge in [0.2, 0.25) is 5.91 Å². The lowest BCUT2D eigenvalue weighted by Gasteiger charge is -2.34. The lowest BCUT2D eigenvalue weighted by atomic mass is 9.83. The van der Waals surface area contributed by atoms with Crippen LogP contribution in [0.4, 0.5) is 13.2 Å². The molecule has 1 heterocycles. The predicted octanol–water partition coefficient (Wildman–Crippen LogP) is 4.85. The Balaban J connectivity index is 2.04. The molecule has 0 N–H and O–H groups in total. The van der Waals surface area contributed by atoms with Crippen molar-refractivity contribution in [1.82, 2.24) is 4.90 Å². The molecule has 0 spiro atoms. The molecule has 1 amide bonds. The molecule has 0 radical (unpaired) electrons. The molecule has 30 heavy (non-hydrogen) atoms. The fraction of sp³-hybridized carbons (Fsp3) is 0.304. The number of allylic oxidation sites excluding steroid dienone is 1. The summed E-state index contributed by atoms with van der Waals surface area (Å²) in [6, 6.07) is 9.13. The van der Waals surface area contributed by atoms with Crippen LogP contribution in [0.1, 0.15) is 44.2 Å². The highest BCUT2D eigenvalue weighted by Crippen LogP contribution is 2.38. The van der Waals surface area contributed by atoms with Crippen LogP contribution in [-0.2, 0) is 20.9 Å². The minimum absolute atomic E-state index is 0.0316. The Bertz CT molecular complexity index is 1020. The van der Waals surface area contributed by atoms with Crippen molar-refractivity contribution in [2.45, 2.75) is 45.8 Å². The van der Waals surface area contributed by atoms with Crippen LogP contribution in [0, 0.1) is 17.5 Å². The van der Waals surface area contributed by atoms with Gasteiger partial charge in [-0.2, -0.15) is 0 Å². The fourth-order valence-electron chi connectivity index (χ4n) is 3.57. The number of nitrogens with zero attached hydrogens (tertiary/aromatic N) is 1. The first-order valence-corrected chi connectivity index (χ1v) is 9.59. The van der Waals surface area contributed by atoms with Gasteiger partial charge in [-0.3, -0.25) is 4.79 Å². The van der Waals surface area contributed by atoms with E-state index in [1.165, 1.54) is 29.2 Å². The summed E-state index contributed by atoms with van der Waals surface area (Å²) < 4.78 is 46.0. The van der Waals surface area contributed by atoms with E-state index < -0.39 is 29.3 Å². The summed E-state index contributed by atoms with van der Waals surface area (Å²) in [4.78, 5) is 27.1. The van der Waals surface area contributed by atoms with Gasteiger partial charge in [-0.1, -0.05) is 18.2 Å². The summed E-state index contributed by atoms with van der Waals surface area (Å²) >= 11 is 0. The quantitative estimate of drug-likeness (QED) is 0.654. The largest absolute Gasteiger partial charge is 0.460 e. The van der Waals surface area contributed by atoms with Gasteiger partial charge in [0.15, 0.2) is 11.6 Å². The maximum Gasteiger partial charge on any atom is 0.336 e. The number of hydrogen-bond donors (Lipinski definition) is 0. The zero-order valence-corrected chi connectivity index (χ0v) is 16.9. The number of ether oxygens (including phenoxy) is 1. The molecule has 0 fully saturated rings. The van der Waals surface area contributed by atoms with Crippen LogP contribution in [0.5, 0.6) is 0 Å². The minimum atomic E-state index is -1.02. The van der Waals surface area contributed by atoms with Crippen molar-refractivity contribution in [3.05, 3.63) is 82.3 Å². The highest BCUT2D eigenvalue weighted by molar-refractivity contribution is 5.96. The summed E-state index contributed by atoms with van der Waals surface area (Å²) in [7, 11) is 0. The van der Waals surface area contributed by atoms with Crippen LogP contribution in [0.25, 0.3) is 0 Å². The molecule has 0 aromatic heterocycles. The molecule has 0 unspecified atom stereocenters. The SMILES string of the molecule is CC1=C(C(=O)OC(C)C)[C@H](c2cccc(F)c2)CC(=O)N1Cc1ccc(F)c(F)c1. The summed E-state index contributed by atoms with van der Waals surface area (Å²) in [5, 5.41) is 0. The van der Waals surface area contributed by atoms with E-state index in [1.807, 2.05) is 0 Å². The van der Waals surface area contributed by atoms with E-state index in [0.717, 1.165) is 12.1 Å². The second kappa shape index (κ2) is 8.73. The van der Waals surface area contributed by atoms with E-state index in [1.54, 1.807) is 26.8 Å². The van der Waals surface area contributed by atoms with Gasteiger partial charge < -0.3 is 9.64 Å². The second-order valence-electron chi connectivity index (χ2n) is 7.49. The maximum atomic E-state index is 13.8. The van der Waals surface area contributed by atoms with Crippen molar-refractivity contribution in [2.24, 2.45) is 0 Å². The monoisotopic (exact) mass is 417 g/mol.